The Balaban J connectivity index is 1.64. The molecule has 0 spiro atoms. The summed E-state index contributed by atoms with van der Waals surface area (Å²) in [7, 11) is 0. The van der Waals surface area contributed by atoms with Crippen molar-refractivity contribution in [2.75, 3.05) is 19.6 Å². The van der Waals surface area contributed by atoms with Gasteiger partial charge < -0.3 is 14.7 Å². The van der Waals surface area contributed by atoms with E-state index in [-0.39, 0.29) is 23.0 Å². The Hall–Kier alpha value is -2.73. The average molecular weight is 399 g/mol. The first-order valence-corrected chi connectivity index (χ1v) is 9.89. The first-order valence-electron chi connectivity index (χ1n) is 9.89. The lowest BCUT2D eigenvalue weighted by atomic mass is 9.85. The normalized spacial score (nSPS) is 16.3. The van der Waals surface area contributed by atoms with E-state index in [4.69, 9.17) is 4.74 Å². The van der Waals surface area contributed by atoms with Crippen LogP contribution in [0.5, 0.6) is 5.75 Å². The lowest BCUT2D eigenvalue weighted by Gasteiger charge is -2.36. The molecule has 0 aliphatic carbocycles. The van der Waals surface area contributed by atoms with Gasteiger partial charge >= 0.3 is 5.97 Å². The topological polar surface area (TPSA) is 66.8 Å². The van der Waals surface area contributed by atoms with Crippen LogP contribution in [-0.2, 0) is 16.0 Å². The molecule has 1 fully saturated rings. The molecular formula is C23H26FNO4. The standard InChI is InChI=1S/C23H26FNO4/c1-16(27)29-23(20-3-2-4-22(28)21(20)15-26)18-10-13-25(14-11-18)12-9-17-5-7-19(24)8-6-17/h2-8,15,18,23,28H,9-14H2,1H3. The van der Waals surface area contributed by atoms with Crippen LogP contribution >= 0.6 is 0 Å². The Morgan fingerprint density at radius 3 is 2.55 bits per heavy atom. The van der Waals surface area contributed by atoms with Crippen molar-refractivity contribution >= 4 is 12.3 Å². The average Bonchev–Trinajstić information content (AvgIpc) is 2.72. The van der Waals surface area contributed by atoms with Crippen molar-refractivity contribution in [1.82, 2.24) is 4.90 Å². The number of phenols is 1. The van der Waals surface area contributed by atoms with Gasteiger partial charge in [0.25, 0.3) is 0 Å². The van der Waals surface area contributed by atoms with Gasteiger partial charge in [0.2, 0.25) is 0 Å². The Labute approximate surface area is 170 Å². The SMILES string of the molecule is CC(=O)OC(c1cccc(O)c1C=O)C1CCN(CCc2ccc(F)cc2)CC1. The van der Waals surface area contributed by atoms with E-state index < -0.39 is 12.1 Å². The molecule has 29 heavy (non-hydrogen) atoms. The molecule has 2 aromatic rings. The number of rotatable bonds is 7. The van der Waals surface area contributed by atoms with Gasteiger partial charge in [0.15, 0.2) is 6.29 Å². The molecule has 3 rings (SSSR count). The molecule has 2 aromatic carbocycles. The monoisotopic (exact) mass is 399 g/mol. The van der Waals surface area contributed by atoms with Gasteiger partial charge in [-0.05, 0) is 56.1 Å². The summed E-state index contributed by atoms with van der Waals surface area (Å²) in [4.78, 5) is 25.5. The highest BCUT2D eigenvalue weighted by Crippen LogP contribution is 2.37. The smallest absolute Gasteiger partial charge is 0.303 e. The molecule has 1 heterocycles. The highest BCUT2D eigenvalue weighted by atomic mass is 19.1. The van der Waals surface area contributed by atoms with Crippen molar-refractivity contribution in [3.8, 4) is 5.75 Å². The van der Waals surface area contributed by atoms with E-state index in [1.54, 1.807) is 12.1 Å². The highest BCUT2D eigenvalue weighted by molar-refractivity contribution is 5.82. The van der Waals surface area contributed by atoms with Crippen molar-refractivity contribution in [1.29, 1.82) is 0 Å². The second kappa shape index (κ2) is 9.65. The molecule has 1 atom stereocenters. The molecule has 1 aliphatic heterocycles. The van der Waals surface area contributed by atoms with Gasteiger partial charge in [0.1, 0.15) is 17.7 Å². The predicted octanol–water partition coefficient (Wildman–Crippen LogP) is 3.90. The third-order valence-electron chi connectivity index (χ3n) is 5.52. The van der Waals surface area contributed by atoms with Crippen LogP contribution in [0.4, 0.5) is 4.39 Å². The van der Waals surface area contributed by atoms with Crippen molar-refractivity contribution in [2.45, 2.75) is 32.3 Å². The summed E-state index contributed by atoms with van der Waals surface area (Å²) in [6.07, 6.45) is 2.53. The van der Waals surface area contributed by atoms with Crippen LogP contribution in [0, 0.1) is 11.7 Å². The lowest BCUT2D eigenvalue weighted by molar-refractivity contribution is -0.150. The first-order chi connectivity index (χ1) is 14.0. The number of halogens is 1. The molecule has 0 aromatic heterocycles. The molecule has 1 aliphatic rings. The Bertz CT molecular complexity index is 844. The molecule has 1 saturated heterocycles. The summed E-state index contributed by atoms with van der Waals surface area (Å²) < 4.78 is 18.6. The van der Waals surface area contributed by atoms with Crippen molar-refractivity contribution < 1.29 is 23.8 Å². The maximum absolute atomic E-state index is 13.0. The second-order valence-electron chi connectivity index (χ2n) is 7.48. The van der Waals surface area contributed by atoms with E-state index in [0.717, 1.165) is 44.5 Å². The van der Waals surface area contributed by atoms with Gasteiger partial charge in [-0.25, -0.2) is 4.39 Å². The fourth-order valence-electron chi connectivity index (χ4n) is 3.96. The number of ether oxygens (including phenoxy) is 1. The number of carbonyl (C=O) groups excluding carboxylic acids is 2. The minimum Gasteiger partial charge on any atom is -0.507 e. The zero-order valence-electron chi connectivity index (χ0n) is 16.5. The van der Waals surface area contributed by atoms with E-state index in [9.17, 15) is 19.1 Å². The van der Waals surface area contributed by atoms with E-state index in [2.05, 4.69) is 4.90 Å². The summed E-state index contributed by atoms with van der Waals surface area (Å²) in [5, 5.41) is 10.0. The number of piperidine rings is 1. The van der Waals surface area contributed by atoms with E-state index >= 15 is 0 Å². The molecule has 0 radical (unpaired) electrons. The van der Waals surface area contributed by atoms with Gasteiger partial charge in [-0.1, -0.05) is 24.3 Å². The molecule has 0 bridgehead atoms. The van der Waals surface area contributed by atoms with Gasteiger partial charge in [-0.3, -0.25) is 9.59 Å². The number of carbonyl (C=O) groups is 2. The highest BCUT2D eigenvalue weighted by Gasteiger charge is 2.32. The van der Waals surface area contributed by atoms with Gasteiger partial charge in [-0.15, -0.1) is 0 Å². The number of benzene rings is 2. The summed E-state index contributed by atoms with van der Waals surface area (Å²) in [6.45, 7) is 3.92. The van der Waals surface area contributed by atoms with Gasteiger partial charge in [0.05, 0.1) is 5.56 Å². The molecule has 1 unspecified atom stereocenters. The van der Waals surface area contributed by atoms with Crippen LogP contribution in [0.3, 0.4) is 0 Å². The molecule has 0 saturated carbocycles. The van der Waals surface area contributed by atoms with E-state index in [1.807, 2.05) is 12.1 Å². The van der Waals surface area contributed by atoms with Crippen LogP contribution < -0.4 is 0 Å². The summed E-state index contributed by atoms with van der Waals surface area (Å²) in [6, 6.07) is 11.4. The third-order valence-corrected chi connectivity index (χ3v) is 5.52. The Morgan fingerprint density at radius 1 is 1.24 bits per heavy atom. The number of nitrogens with zero attached hydrogens (tertiary/aromatic N) is 1. The molecule has 0 amide bonds. The van der Waals surface area contributed by atoms with E-state index in [1.165, 1.54) is 25.1 Å². The second-order valence-corrected chi connectivity index (χ2v) is 7.48. The molecular weight excluding hydrogens is 373 g/mol. The third kappa shape index (κ3) is 5.41. The van der Waals surface area contributed by atoms with Crippen molar-refractivity contribution in [3.05, 3.63) is 65.0 Å². The minimum absolute atomic E-state index is 0.0708. The van der Waals surface area contributed by atoms with E-state index in [0.29, 0.717) is 11.8 Å². The zero-order valence-corrected chi connectivity index (χ0v) is 16.5. The maximum atomic E-state index is 13.0. The summed E-state index contributed by atoms with van der Waals surface area (Å²) in [5.74, 6) is -0.672. The minimum atomic E-state index is -0.556. The molecule has 6 heteroatoms. The first kappa shape index (κ1) is 21.0. The number of likely N-dealkylation sites (tertiary alicyclic amines) is 1. The number of phenolic OH excluding ortho intramolecular Hbond substituents is 1. The lowest BCUT2D eigenvalue weighted by Crippen LogP contribution is -2.37. The van der Waals surface area contributed by atoms with Crippen LogP contribution in [-0.4, -0.2) is 41.9 Å². The largest absolute Gasteiger partial charge is 0.507 e. The quantitative estimate of drug-likeness (QED) is 0.565. The number of aldehydes is 1. The van der Waals surface area contributed by atoms with Crippen LogP contribution in [0.15, 0.2) is 42.5 Å². The Kier molecular flexibility index (Phi) is 6.99. The fraction of sp³-hybridized carbons (Fsp3) is 0.391. The fourth-order valence-corrected chi connectivity index (χ4v) is 3.96. The molecule has 1 N–H and O–H groups in total. The summed E-state index contributed by atoms with van der Waals surface area (Å²) >= 11 is 0. The molecule has 5 nitrogen and oxygen atoms in total. The zero-order chi connectivity index (χ0) is 20.8. The number of hydrogen-bond donors (Lipinski definition) is 1. The van der Waals surface area contributed by atoms with Crippen LogP contribution in [0.25, 0.3) is 0 Å². The molecule has 154 valence electrons. The van der Waals surface area contributed by atoms with Gasteiger partial charge in [-0.2, -0.15) is 0 Å². The van der Waals surface area contributed by atoms with Crippen LogP contribution in [0.2, 0.25) is 0 Å². The number of aromatic hydroxyl groups is 1. The number of hydrogen-bond acceptors (Lipinski definition) is 5. The predicted molar refractivity (Wildman–Crippen MR) is 107 cm³/mol. The van der Waals surface area contributed by atoms with Crippen molar-refractivity contribution in [2.24, 2.45) is 5.92 Å². The Morgan fingerprint density at radius 2 is 1.93 bits per heavy atom. The van der Waals surface area contributed by atoms with Crippen LogP contribution in [0.1, 0.15) is 47.4 Å². The number of esters is 1. The maximum Gasteiger partial charge on any atom is 0.303 e. The van der Waals surface area contributed by atoms with Gasteiger partial charge in [0, 0.05) is 24.9 Å². The summed E-state index contributed by atoms with van der Waals surface area (Å²) in [5.41, 5.74) is 1.83. The van der Waals surface area contributed by atoms with Crippen molar-refractivity contribution in [3.63, 3.8) is 0 Å².